The lowest BCUT2D eigenvalue weighted by atomic mass is 10.2. The first-order valence-electron chi connectivity index (χ1n) is 4.30. The van der Waals surface area contributed by atoms with Gasteiger partial charge in [-0.15, -0.1) is 6.58 Å². The van der Waals surface area contributed by atoms with Gasteiger partial charge in [0.05, 0.1) is 0 Å². The molecule has 0 spiro atoms. The summed E-state index contributed by atoms with van der Waals surface area (Å²) in [5.41, 5.74) is 6.60. The predicted octanol–water partition coefficient (Wildman–Crippen LogP) is 0.605. The molecule has 0 radical (unpaired) electrons. The number of aromatic nitrogens is 2. The molecule has 0 fully saturated rings. The maximum absolute atomic E-state index is 11.6. The van der Waals surface area contributed by atoms with Gasteiger partial charge in [0.1, 0.15) is 5.56 Å². The van der Waals surface area contributed by atoms with Gasteiger partial charge < -0.3 is 11.1 Å². The quantitative estimate of drug-likeness (QED) is 0.616. The minimum Gasteiger partial charge on any atom is -0.382 e. The Morgan fingerprint density at radius 1 is 1.79 bits per heavy atom. The van der Waals surface area contributed by atoms with Crippen molar-refractivity contribution in [3.63, 3.8) is 0 Å². The Labute approximate surface area is 82.4 Å². The van der Waals surface area contributed by atoms with Crippen molar-refractivity contribution in [1.82, 2.24) is 15.5 Å². The molecule has 76 valence electrons. The van der Waals surface area contributed by atoms with Gasteiger partial charge in [0.25, 0.3) is 5.91 Å². The normalized spacial score (nSPS) is 12.1. The summed E-state index contributed by atoms with van der Waals surface area (Å²) in [6, 6.07) is -0.0869. The Balaban J connectivity index is 2.84. The average molecular weight is 194 g/mol. The molecule has 0 saturated carbocycles. The Bertz CT molecular complexity index is 336. The van der Waals surface area contributed by atoms with Crippen LogP contribution in [-0.2, 0) is 0 Å². The van der Waals surface area contributed by atoms with E-state index in [2.05, 4.69) is 22.1 Å². The average Bonchev–Trinajstić information content (AvgIpc) is 2.46. The third-order valence-electron chi connectivity index (χ3n) is 1.91. The Morgan fingerprint density at radius 2 is 2.43 bits per heavy atom. The van der Waals surface area contributed by atoms with Crippen molar-refractivity contribution < 1.29 is 4.79 Å². The summed E-state index contributed by atoms with van der Waals surface area (Å²) in [6.07, 6.45) is 1.64. The molecule has 1 atom stereocenters. The lowest BCUT2D eigenvalue weighted by molar-refractivity contribution is 0.0947. The summed E-state index contributed by atoms with van der Waals surface area (Å²) in [7, 11) is 0. The molecule has 5 heteroatoms. The number of hydrogen-bond donors (Lipinski definition) is 3. The van der Waals surface area contributed by atoms with Gasteiger partial charge >= 0.3 is 0 Å². The standard InChI is InChI=1S/C9H14N4O/c1-4-5(2)11-9(14)7-6(3)12-13-8(7)10/h4-5H,1H2,2-3H3,(H,11,14)(H3,10,12,13). The van der Waals surface area contributed by atoms with Crippen LogP contribution >= 0.6 is 0 Å². The van der Waals surface area contributed by atoms with E-state index < -0.39 is 0 Å². The molecule has 0 aliphatic heterocycles. The van der Waals surface area contributed by atoms with Crippen molar-refractivity contribution in [3.8, 4) is 0 Å². The monoisotopic (exact) mass is 194 g/mol. The zero-order valence-electron chi connectivity index (χ0n) is 8.29. The van der Waals surface area contributed by atoms with E-state index in [9.17, 15) is 4.79 Å². The van der Waals surface area contributed by atoms with Crippen LogP contribution in [-0.4, -0.2) is 22.1 Å². The number of nitrogens with two attached hydrogens (primary N) is 1. The number of aromatic amines is 1. The third kappa shape index (κ3) is 1.93. The third-order valence-corrected chi connectivity index (χ3v) is 1.91. The Kier molecular flexibility index (Phi) is 2.91. The van der Waals surface area contributed by atoms with E-state index >= 15 is 0 Å². The van der Waals surface area contributed by atoms with E-state index in [1.807, 2.05) is 6.92 Å². The van der Waals surface area contributed by atoms with Crippen LogP contribution in [0, 0.1) is 6.92 Å². The number of H-pyrrole nitrogens is 1. The van der Waals surface area contributed by atoms with Crippen molar-refractivity contribution in [3.05, 3.63) is 23.9 Å². The maximum Gasteiger partial charge on any atom is 0.257 e. The number of nitrogens with zero attached hydrogens (tertiary/aromatic N) is 1. The number of carbonyl (C=O) groups excluding carboxylic acids is 1. The number of nitrogen functional groups attached to an aromatic ring is 1. The Morgan fingerprint density at radius 3 is 2.86 bits per heavy atom. The van der Waals surface area contributed by atoms with E-state index in [1.165, 1.54) is 0 Å². The summed E-state index contributed by atoms with van der Waals surface area (Å²) in [4.78, 5) is 11.6. The fourth-order valence-corrected chi connectivity index (χ4v) is 1.07. The molecule has 0 aliphatic carbocycles. The van der Waals surface area contributed by atoms with E-state index in [0.717, 1.165) is 0 Å². The minimum absolute atomic E-state index is 0.0869. The van der Waals surface area contributed by atoms with E-state index in [4.69, 9.17) is 5.73 Å². The first kappa shape index (κ1) is 10.3. The molecule has 1 heterocycles. The molecule has 1 rings (SSSR count). The fraction of sp³-hybridized carbons (Fsp3) is 0.333. The SMILES string of the molecule is C=CC(C)NC(=O)c1c(N)n[nH]c1C. The zero-order valence-corrected chi connectivity index (χ0v) is 8.29. The molecule has 0 aromatic carbocycles. The highest BCUT2D eigenvalue weighted by molar-refractivity contribution is 5.99. The highest BCUT2D eigenvalue weighted by Crippen LogP contribution is 2.11. The molecule has 1 amide bonds. The molecule has 5 nitrogen and oxygen atoms in total. The highest BCUT2D eigenvalue weighted by atomic mass is 16.1. The predicted molar refractivity (Wildman–Crippen MR) is 54.9 cm³/mol. The lowest BCUT2D eigenvalue weighted by Crippen LogP contribution is -2.31. The molecule has 0 aliphatic rings. The second-order valence-corrected chi connectivity index (χ2v) is 3.11. The summed E-state index contributed by atoms with van der Waals surface area (Å²) < 4.78 is 0. The molecule has 1 aromatic heterocycles. The van der Waals surface area contributed by atoms with Crippen LogP contribution in [0.15, 0.2) is 12.7 Å². The summed E-state index contributed by atoms with van der Waals surface area (Å²) in [6.45, 7) is 7.15. The topological polar surface area (TPSA) is 83.8 Å². The van der Waals surface area contributed by atoms with Crippen molar-refractivity contribution >= 4 is 11.7 Å². The molecule has 0 bridgehead atoms. The van der Waals surface area contributed by atoms with Crippen LogP contribution in [0.2, 0.25) is 0 Å². The fourth-order valence-electron chi connectivity index (χ4n) is 1.07. The number of amides is 1. The highest BCUT2D eigenvalue weighted by Gasteiger charge is 2.16. The van der Waals surface area contributed by atoms with Crippen LogP contribution in [0.4, 0.5) is 5.82 Å². The number of nitrogens with one attached hydrogen (secondary N) is 2. The molecular formula is C9H14N4O. The van der Waals surface area contributed by atoms with Crippen molar-refractivity contribution in [2.45, 2.75) is 19.9 Å². The Hall–Kier alpha value is -1.78. The first-order valence-corrected chi connectivity index (χ1v) is 4.30. The smallest absolute Gasteiger partial charge is 0.257 e. The zero-order chi connectivity index (χ0) is 10.7. The number of anilines is 1. The number of aryl methyl sites for hydroxylation is 1. The van der Waals surface area contributed by atoms with Crippen molar-refractivity contribution in [2.75, 3.05) is 5.73 Å². The van der Waals surface area contributed by atoms with Gasteiger partial charge in [0.2, 0.25) is 0 Å². The van der Waals surface area contributed by atoms with Crippen LogP contribution < -0.4 is 11.1 Å². The second kappa shape index (κ2) is 3.95. The van der Waals surface area contributed by atoms with Crippen LogP contribution in [0.25, 0.3) is 0 Å². The maximum atomic E-state index is 11.6. The van der Waals surface area contributed by atoms with Crippen LogP contribution in [0.3, 0.4) is 0 Å². The van der Waals surface area contributed by atoms with Gasteiger partial charge in [-0.2, -0.15) is 5.10 Å². The first-order chi connectivity index (χ1) is 6.56. The minimum atomic E-state index is -0.235. The summed E-state index contributed by atoms with van der Waals surface area (Å²) >= 11 is 0. The van der Waals surface area contributed by atoms with E-state index in [0.29, 0.717) is 11.3 Å². The lowest BCUT2D eigenvalue weighted by Gasteiger charge is -2.08. The van der Waals surface area contributed by atoms with Crippen molar-refractivity contribution in [2.24, 2.45) is 0 Å². The molecule has 14 heavy (non-hydrogen) atoms. The molecule has 1 unspecified atom stereocenters. The number of hydrogen-bond acceptors (Lipinski definition) is 3. The van der Waals surface area contributed by atoms with Gasteiger partial charge in [0.15, 0.2) is 5.82 Å². The van der Waals surface area contributed by atoms with Crippen molar-refractivity contribution in [1.29, 1.82) is 0 Å². The number of rotatable bonds is 3. The molecular weight excluding hydrogens is 180 g/mol. The van der Waals surface area contributed by atoms with Gasteiger partial charge in [-0.1, -0.05) is 6.08 Å². The molecule has 1 aromatic rings. The van der Waals surface area contributed by atoms with E-state index in [1.54, 1.807) is 13.0 Å². The summed E-state index contributed by atoms with van der Waals surface area (Å²) in [5.74, 6) is -0.0163. The van der Waals surface area contributed by atoms with Gasteiger partial charge in [0, 0.05) is 11.7 Å². The van der Waals surface area contributed by atoms with Gasteiger partial charge in [-0.3, -0.25) is 9.89 Å². The molecule has 4 N–H and O–H groups in total. The largest absolute Gasteiger partial charge is 0.382 e. The van der Waals surface area contributed by atoms with Crippen LogP contribution in [0.5, 0.6) is 0 Å². The number of carbonyl (C=O) groups is 1. The second-order valence-electron chi connectivity index (χ2n) is 3.11. The van der Waals surface area contributed by atoms with Gasteiger partial charge in [-0.05, 0) is 13.8 Å². The summed E-state index contributed by atoms with van der Waals surface area (Å²) in [5, 5.41) is 9.10. The van der Waals surface area contributed by atoms with Gasteiger partial charge in [-0.25, -0.2) is 0 Å². The van der Waals surface area contributed by atoms with E-state index in [-0.39, 0.29) is 17.8 Å². The molecule has 0 saturated heterocycles. The van der Waals surface area contributed by atoms with Crippen LogP contribution in [0.1, 0.15) is 23.0 Å².